The molecule has 0 aromatic carbocycles. The molecule has 0 aromatic heterocycles. The number of aliphatic hydroxyl groups is 1. The van der Waals surface area contributed by atoms with Gasteiger partial charge in [0.2, 0.25) is 0 Å². The van der Waals surface area contributed by atoms with Crippen LogP contribution in [0.15, 0.2) is 47.6 Å². The fraction of sp³-hybridized carbons (Fsp3) is 0.704. The molecule has 164 valence electrons. The van der Waals surface area contributed by atoms with Crippen molar-refractivity contribution in [1.29, 1.82) is 0 Å². The van der Waals surface area contributed by atoms with Crippen LogP contribution in [0.1, 0.15) is 85.0 Å². The standard InChI is InChI=1S/C26H40O.CH5N/c1-5-6-7-9-19(2)23-15-16-24-22(10-8-17-26(23,24)4)14-13-21-12-11-20(3)25(27)18-21;1-2/h7,9,13-14,19,23-25,27H,3,5-6,8,10-12,15-18H2,1-2,4H3;2H2,1H3/b9-7+,21-13-,22-14+;/t19-,23?,24?,25-,26-;/m1./s1. The van der Waals surface area contributed by atoms with Crippen LogP contribution in [-0.2, 0) is 0 Å². The van der Waals surface area contributed by atoms with Crippen LogP contribution < -0.4 is 5.73 Å². The van der Waals surface area contributed by atoms with Crippen molar-refractivity contribution in [2.24, 2.45) is 28.9 Å². The zero-order chi connectivity index (χ0) is 21.4. The monoisotopic (exact) mass is 399 g/mol. The van der Waals surface area contributed by atoms with Crippen LogP contribution in [0.2, 0.25) is 0 Å². The van der Waals surface area contributed by atoms with Gasteiger partial charge < -0.3 is 10.8 Å². The Morgan fingerprint density at radius 3 is 2.66 bits per heavy atom. The highest BCUT2D eigenvalue weighted by Gasteiger charge is 2.50. The molecule has 2 unspecified atom stereocenters. The SMILES string of the molecule is C=C1CC/C(=C/C=C2\CCC[C@@]3(C)C2CCC3[C@H](C)/C=C/CCC)C[C@H]1O.CN. The predicted octanol–water partition coefficient (Wildman–Crippen LogP) is 6.72. The van der Waals surface area contributed by atoms with Gasteiger partial charge in [0.15, 0.2) is 0 Å². The summed E-state index contributed by atoms with van der Waals surface area (Å²) in [5.74, 6) is 2.29. The van der Waals surface area contributed by atoms with Gasteiger partial charge in [-0.3, -0.25) is 0 Å². The molecule has 3 rings (SSSR count). The Balaban J connectivity index is 0.00000145. The maximum absolute atomic E-state index is 10.1. The number of aliphatic hydroxyl groups excluding tert-OH is 1. The maximum Gasteiger partial charge on any atom is 0.0784 e. The third kappa shape index (κ3) is 5.73. The lowest BCUT2D eigenvalue weighted by Gasteiger charge is -2.44. The molecule has 2 heteroatoms. The molecule has 3 aliphatic rings. The van der Waals surface area contributed by atoms with Crippen molar-refractivity contribution < 1.29 is 5.11 Å². The Kier molecular flexibility index (Phi) is 9.43. The van der Waals surface area contributed by atoms with E-state index < -0.39 is 0 Å². The molecule has 0 heterocycles. The Hall–Kier alpha value is -1.12. The first-order chi connectivity index (χ1) is 14.0. The van der Waals surface area contributed by atoms with Crippen molar-refractivity contribution in [3.05, 3.63) is 47.6 Å². The summed E-state index contributed by atoms with van der Waals surface area (Å²) in [6.07, 6.45) is 21.4. The van der Waals surface area contributed by atoms with Gasteiger partial charge in [0.05, 0.1) is 6.10 Å². The number of rotatable bonds is 5. The van der Waals surface area contributed by atoms with E-state index in [1.54, 1.807) is 5.57 Å². The molecular formula is C27H45NO. The third-order valence-corrected chi connectivity index (χ3v) is 7.79. The minimum atomic E-state index is -0.327. The van der Waals surface area contributed by atoms with E-state index in [2.05, 4.69) is 57.4 Å². The second-order valence-corrected chi connectivity index (χ2v) is 9.62. The van der Waals surface area contributed by atoms with Gasteiger partial charge in [-0.15, -0.1) is 0 Å². The highest BCUT2D eigenvalue weighted by molar-refractivity contribution is 5.28. The van der Waals surface area contributed by atoms with Crippen molar-refractivity contribution in [2.75, 3.05) is 7.05 Å². The number of nitrogens with two attached hydrogens (primary N) is 1. The summed E-state index contributed by atoms with van der Waals surface area (Å²) in [5.41, 5.74) is 9.06. The van der Waals surface area contributed by atoms with Gasteiger partial charge in [0, 0.05) is 0 Å². The maximum atomic E-state index is 10.1. The second kappa shape index (κ2) is 11.3. The third-order valence-electron chi connectivity index (χ3n) is 7.79. The van der Waals surface area contributed by atoms with Crippen molar-refractivity contribution in [3.63, 3.8) is 0 Å². The Morgan fingerprint density at radius 2 is 1.97 bits per heavy atom. The molecule has 5 atom stereocenters. The molecule has 2 nitrogen and oxygen atoms in total. The summed E-state index contributed by atoms with van der Waals surface area (Å²) in [6.45, 7) is 11.3. The lowest BCUT2D eigenvalue weighted by atomic mass is 9.61. The van der Waals surface area contributed by atoms with Crippen molar-refractivity contribution in [1.82, 2.24) is 0 Å². The second-order valence-electron chi connectivity index (χ2n) is 9.62. The number of allylic oxidation sites excluding steroid dienone is 5. The zero-order valence-electron chi connectivity index (χ0n) is 19.4. The highest BCUT2D eigenvalue weighted by atomic mass is 16.3. The minimum absolute atomic E-state index is 0.327. The largest absolute Gasteiger partial charge is 0.388 e. The van der Waals surface area contributed by atoms with Crippen LogP contribution in [0.5, 0.6) is 0 Å². The molecule has 3 aliphatic carbocycles. The molecular weight excluding hydrogens is 354 g/mol. The summed E-state index contributed by atoms with van der Waals surface area (Å²) in [7, 11) is 1.50. The van der Waals surface area contributed by atoms with E-state index >= 15 is 0 Å². The first-order valence-electron chi connectivity index (χ1n) is 11.9. The lowest BCUT2D eigenvalue weighted by Crippen LogP contribution is -2.35. The van der Waals surface area contributed by atoms with Gasteiger partial charge in [0.1, 0.15) is 0 Å². The predicted molar refractivity (Wildman–Crippen MR) is 127 cm³/mol. The van der Waals surface area contributed by atoms with E-state index in [1.165, 1.54) is 57.6 Å². The summed E-state index contributed by atoms with van der Waals surface area (Å²) in [6, 6.07) is 0. The first kappa shape index (κ1) is 24.2. The van der Waals surface area contributed by atoms with E-state index in [0.29, 0.717) is 11.3 Å². The van der Waals surface area contributed by atoms with Gasteiger partial charge in [0.25, 0.3) is 0 Å². The average molecular weight is 400 g/mol. The number of unbranched alkanes of at least 4 members (excludes halogenated alkanes) is 1. The summed E-state index contributed by atoms with van der Waals surface area (Å²) in [4.78, 5) is 0. The first-order valence-corrected chi connectivity index (χ1v) is 11.9. The van der Waals surface area contributed by atoms with Crippen molar-refractivity contribution in [2.45, 2.75) is 91.1 Å². The number of hydrogen-bond acceptors (Lipinski definition) is 2. The Bertz CT molecular complexity index is 628. The molecule has 3 N–H and O–H groups in total. The van der Waals surface area contributed by atoms with Crippen LogP contribution in [-0.4, -0.2) is 18.3 Å². The van der Waals surface area contributed by atoms with Crippen molar-refractivity contribution in [3.8, 4) is 0 Å². The Labute approximate surface area is 180 Å². The molecule has 3 saturated carbocycles. The van der Waals surface area contributed by atoms with E-state index in [0.717, 1.165) is 36.7 Å². The van der Waals surface area contributed by atoms with Crippen LogP contribution in [0.3, 0.4) is 0 Å². The molecule has 0 spiro atoms. The van der Waals surface area contributed by atoms with E-state index in [1.807, 2.05) is 0 Å². The van der Waals surface area contributed by atoms with Gasteiger partial charge >= 0.3 is 0 Å². The summed E-state index contributed by atoms with van der Waals surface area (Å²) < 4.78 is 0. The van der Waals surface area contributed by atoms with Gasteiger partial charge in [-0.25, -0.2) is 0 Å². The van der Waals surface area contributed by atoms with E-state index in [-0.39, 0.29) is 6.10 Å². The van der Waals surface area contributed by atoms with Crippen molar-refractivity contribution >= 4 is 0 Å². The van der Waals surface area contributed by atoms with Crippen LogP contribution in [0.25, 0.3) is 0 Å². The van der Waals surface area contributed by atoms with Gasteiger partial charge in [-0.1, -0.05) is 69.2 Å². The molecule has 29 heavy (non-hydrogen) atoms. The zero-order valence-corrected chi connectivity index (χ0v) is 19.4. The normalized spacial score (nSPS) is 36.2. The number of fused-ring (bicyclic) bond motifs is 1. The summed E-state index contributed by atoms with van der Waals surface area (Å²) in [5, 5.41) is 10.1. The Morgan fingerprint density at radius 1 is 1.21 bits per heavy atom. The molecule has 0 bridgehead atoms. The molecule has 0 aromatic rings. The van der Waals surface area contributed by atoms with Gasteiger partial charge in [-0.05, 0) is 93.6 Å². The topological polar surface area (TPSA) is 46.2 Å². The lowest BCUT2D eigenvalue weighted by molar-refractivity contribution is 0.112. The quantitative estimate of drug-likeness (QED) is 0.504. The molecule has 3 fully saturated rings. The summed E-state index contributed by atoms with van der Waals surface area (Å²) >= 11 is 0. The minimum Gasteiger partial charge on any atom is -0.388 e. The van der Waals surface area contributed by atoms with Gasteiger partial charge in [-0.2, -0.15) is 0 Å². The molecule has 0 saturated heterocycles. The fourth-order valence-electron chi connectivity index (χ4n) is 6.11. The highest BCUT2D eigenvalue weighted by Crippen LogP contribution is 2.59. The molecule has 0 aliphatic heterocycles. The van der Waals surface area contributed by atoms with E-state index in [9.17, 15) is 5.11 Å². The molecule has 0 radical (unpaired) electrons. The number of hydrogen-bond donors (Lipinski definition) is 2. The van der Waals surface area contributed by atoms with Crippen LogP contribution in [0.4, 0.5) is 0 Å². The van der Waals surface area contributed by atoms with Crippen LogP contribution in [0, 0.1) is 23.2 Å². The van der Waals surface area contributed by atoms with Crippen LogP contribution >= 0.6 is 0 Å². The smallest absolute Gasteiger partial charge is 0.0784 e. The fourth-order valence-corrected chi connectivity index (χ4v) is 6.11. The average Bonchev–Trinajstić information content (AvgIpc) is 3.08. The molecule has 0 amide bonds. The van der Waals surface area contributed by atoms with E-state index in [4.69, 9.17) is 0 Å².